The van der Waals surface area contributed by atoms with Crippen molar-refractivity contribution >= 4 is 28.3 Å². The predicted octanol–water partition coefficient (Wildman–Crippen LogP) is 2.80. The first kappa shape index (κ1) is 21.8. The number of carbonyl (C=O) groups is 2. The maximum absolute atomic E-state index is 12.9. The van der Waals surface area contributed by atoms with E-state index in [2.05, 4.69) is 15.2 Å². The Hall–Kier alpha value is -2.45. The maximum Gasteiger partial charge on any atom is 0.254 e. The number of ether oxygens (including phenoxy) is 1. The number of anilines is 1. The average molecular weight is 405 g/mol. The van der Waals surface area contributed by atoms with E-state index in [1.54, 1.807) is 36.3 Å². The highest BCUT2D eigenvalue weighted by atomic mass is 32.1. The molecule has 0 saturated carbocycles. The summed E-state index contributed by atoms with van der Waals surface area (Å²) in [4.78, 5) is 34.5. The molecule has 1 aromatic heterocycles. The molecule has 0 radical (unpaired) electrons. The lowest BCUT2D eigenvalue weighted by atomic mass is 10.2. The summed E-state index contributed by atoms with van der Waals surface area (Å²) in [5, 5.41) is 3.36. The minimum atomic E-state index is -0.250. The van der Waals surface area contributed by atoms with Gasteiger partial charge in [-0.15, -0.1) is 11.3 Å². The molecule has 1 aromatic carbocycles. The van der Waals surface area contributed by atoms with Gasteiger partial charge in [-0.05, 0) is 65.2 Å². The molecule has 152 valence electrons. The molecule has 0 bridgehead atoms. The summed E-state index contributed by atoms with van der Waals surface area (Å²) in [7, 11) is 5.54. The quantitative estimate of drug-likeness (QED) is 0.696. The van der Waals surface area contributed by atoms with E-state index < -0.39 is 0 Å². The Morgan fingerprint density at radius 3 is 2.36 bits per heavy atom. The number of carbonyl (C=O) groups excluding carboxylic acids is 2. The maximum atomic E-state index is 12.9. The summed E-state index contributed by atoms with van der Waals surface area (Å²) < 4.78 is 5.14. The Morgan fingerprint density at radius 1 is 1.14 bits per heavy atom. The SMILES string of the molecule is COc1ccc(C(=O)N(CCCN(C)C)CC(=O)Nc2nc(C)c(C)s2)cc1. The zero-order valence-corrected chi connectivity index (χ0v) is 17.9. The van der Waals surface area contributed by atoms with E-state index in [9.17, 15) is 9.59 Å². The summed E-state index contributed by atoms with van der Waals surface area (Å²) in [6, 6.07) is 6.91. The Labute approximate surface area is 170 Å². The molecule has 2 amide bonds. The molecule has 0 saturated heterocycles. The van der Waals surface area contributed by atoms with Crippen LogP contribution in [-0.4, -0.2) is 67.4 Å². The van der Waals surface area contributed by atoms with Gasteiger partial charge in [0.2, 0.25) is 5.91 Å². The highest BCUT2D eigenvalue weighted by Gasteiger charge is 2.20. The van der Waals surface area contributed by atoms with Gasteiger partial charge in [-0.25, -0.2) is 4.98 Å². The molecule has 1 heterocycles. The third kappa shape index (κ3) is 6.31. The largest absolute Gasteiger partial charge is 0.497 e. The number of thiazole rings is 1. The molecule has 0 atom stereocenters. The molecule has 0 unspecified atom stereocenters. The van der Waals surface area contributed by atoms with Crippen LogP contribution in [0.5, 0.6) is 5.75 Å². The molecule has 2 rings (SSSR count). The number of amides is 2. The van der Waals surface area contributed by atoms with Crippen LogP contribution in [0, 0.1) is 13.8 Å². The number of benzene rings is 1. The summed E-state index contributed by atoms with van der Waals surface area (Å²) in [6.07, 6.45) is 0.775. The Morgan fingerprint density at radius 2 is 1.82 bits per heavy atom. The molecule has 2 aromatic rings. The zero-order valence-electron chi connectivity index (χ0n) is 17.1. The number of methoxy groups -OCH3 is 1. The highest BCUT2D eigenvalue weighted by Crippen LogP contribution is 2.21. The Balaban J connectivity index is 2.08. The lowest BCUT2D eigenvalue weighted by molar-refractivity contribution is -0.116. The van der Waals surface area contributed by atoms with E-state index in [1.807, 2.05) is 27.9 Å². The monoisotopic (exact) mass is 404 g/mol. The topological polar surface area (TPSA) is 74.8 Å². The smallest absolute Gasteiger partial charge is 0.254 e. The average Bonchev–Trinajstić information content (AvgIpc) is 2.97. The van der Waals surface area contributed by atoms with Crippen LogP contribution in [0.25, 0.3) is 0 Å². The first-order chi connectivity index (χ1) is 13.3. The van der Waals surface area contributed by atoms with Gasteiger partial charge in [-0.3, -0.25) is 9.59 Å². The van der Waals surface area contributed by atoms with Gasteiger partial charge in [-0.2, -0.15) is 0 Å². The fraction of sp³-hybridized carbons (Fsp3) is 0.450. The lowest BCUT2D eigenvalue weighted by Crippen LogP contribution is -2.39. The fourth-order valence-electron chi connectivity index (χ4n) is 2.60. The molecular weight excluding hydrogens is 376 g/mol. The van der Waals surface area contributed by atoms with Crippen LogP contribution in [0.15, 0.2) is 24.3 Å². The lowest BCUT2D eigenvalue weighted by Gasteiger charge is -2.23. The normalized spacial score (nSPS) is 10.8. The van der Waals surface area contributed by atoms with Crippen molar-refractivity contribution in [2.24, 2.45) is 0 Å². The van der Waals surface area contributed by atoms with Gasteiger partial charge >= 0.3 is 0 Å². The van der Waals surface area contributed by atoms with E-state index in [-0.39, 0.29) is 18.4 Å². The molecule has 7 nitrogen and oxygen atoms in total. The van der Waals surface area contributed by atoms with Crippen LogP contribution in [0.3, 0.4) is 0 Å². The standard InChI is InChI=1S/C20H28N4O3S/c1-14-15(2)28-20(21-14)22-18(25)13-24(12-6-11-23(3)4)19(26)16-7-9-17(27-5)10-8-16/h7-10H,6,11-13H2,1-5H3,(H,21,22,25). The van der Waals surface area contributed by atoms with Crippen molar-refractivity contribution in [2.75, 3.05) is 46.2 Å². The van der Waals surface area contributed by atoms with E-state index in [0.29, 0.717) is 23.0 Å². The van der Waals surface area contributed by atoms with Crippen molar-refractivity contribution in [3.8, 4) is 5.75 Å². The van der Waals surface area contributed by atoms with Crippen molar-refractivity contribution in [1.82, 2.24) is 14.8 Å². The second-order valence-corrected chi connectivity index (χ2v) is 8.02. The van der Waals surface area contributed by atoms with Crippen molar-refractivity contribution in [3.63, 3.8) is 0 Å². The van der Waals surface area contributed by atoms with Gasteiger partial charge in [0.15, 0.2) is 5.13 Å². The van der Waals surface area contributed by atoms with Gasteiger partial charge in [0.05, 0.1) is 12.8 Å². The van der Waals surface area contributed by atoms with Crippen molar-refractivity contribution in [3.05, 3.63) is 40.4 Å². The molecule has 28 heavy (non-hydrogen) atoms. The second kappa shape index (κ2) is 10.2. The number of aryl methyl sites for hydroxylation is 2. The number of nitrogens with zero attached hydrogens (tertiary/aromatic N) is 3. The second-order valence-electron chi connectivity index (χ2n) is 6.82. The minimum Gasteiger partial charge on any atom is -0.497 e. The van der Waals surface area contributed by atoms with E-state index in [4.69, 9.17) is 4.74 Å². The number of hydrogen-bond acceptors (Lipinski definition) is 6. The van der Waals surface area contributed by atoms with E-state index >= 15 is 0 Å². The molecule has 0 fully saturated rings. The van der Waals surface area contributed by atoms with E-state index in [0.717, 1.165) is 23.5 Å². The van der Waals surface area contributed by atoms with Gasteiger partial charge in [0.1, 0.15) is 12.3 Å². The third-order valence-corrected chi connectivity index (χ3v) is 5.26. The van der Waals surface area contributed by atoms with Crippen LogP contribution >= 0.6 is 11.3 Å². The molecule has 0 aliphatic carbocycles. The molecule has 0 spiro atoms. The number of rotatable bonds is 9. The van der Waals surface area contributed by atoms with Gasteiger partial charge < -0.3 is 19.9 Å². The summed E-state index contributed by atoms with van der Waals surface area (Å²) in [5.74, 6) is 0.256. The first-order valence-corrected chi connectivity index (χ1v) is 9.93. The van der Waals surface area contributed by atoms with Gasteiger partial charge in [0, 0.05) is 17.0 Å². The Kier molecular flexibility index (Phi) is 7.95. The van der Waals surface area contributed by atoms with E-state index in [1.165, 1.54) is 11.3 Å². The fourth-order valence-corrected chi connectivity index (χ4v) is 3.44. The summed E-state index contributed by atoms with van der Waals surface area (Å²) in [6.45, 7) is 5.17. The highest BCUT2D eigenvalue weighted by molar-refractivity contribution is 7.15. The third-order valence-electron chi connectivity index (χ3n) is 4.27. The van der Waals surface area contributed by atoms with Crippen LogP contribution in [0.2, 0.25) is 0 Å². The number of nitrogens with one attached hydrogen (secondary N) is 1. The predicted molar refractivity (Wildman–Crippen MR) is 112 cm³/mol. The zero-order chi connectivity index (χ0) is 20.7. The van der Waals surface area contributed by atoms with Crippen molar-refractivity contribution in [2.45, 2.75) is 20.3 Å². The summed E-state index contributed by atoms with van der Waals surface area (Å²) >= 11 is 1.43. The van der Waals surface area contributed by atoms with Crippen LogP contribution in [-0.2, 0) is 4.79 Å². The summed E-state index contributed by atoms with van der Waals surface area (Å²) in [5.41, 5.74) is 1.43. The molecular formula is C20H28N4O3S. The van der Waals surface area contributed by atoms with Crippen LogP contribution < -0.4 is 10.1 Å². The van der Waals surface area contributed by atoms with Gasteiger partial charge in [0.25, 0.3) is 5.91 Å². The van der Waals surface area contributed by atoms with Crippen LogP contribution in [0.1, 0.15) is 27.3 Å². The van der Waals surface area contributed by atoms with Crippen molar-refractivity contribution in [1.29, 1.82) is 0 Å². The van der Waals surface area contributed by atoms with Gasteiger partial charge in [-0.1, -0.05) is 0 Å². The number of hydrogen-bond donors (Lipinski definition) is 1. The Bertz CT molecular complexity index is 783. The van der Waals surface area contributed by atoms with Crippen molar-refractivity contribution < 1.29 is 14.3 Å². The minimum absolute atomic E-state index is 0.0179. The molecule has 8 heteroatoms. The first-order valence-electron chi connectivity index (χ1n) is 9.12. The molecule has 1 N–H and O–H groups in total. The molecule has 0 aliphatic heterocycles. The number of aromatic nitrogens is 1. The van der Waals surface area contributed by atoms with Crippen LogP contribution in [0.4, 0.5) is 5.13 Å². The molecule has 0 aliphatic rings.